The quantitative estimate of drug-likeness (QED) is 0.427. The highest BCUT2D eigenvalue weighted by molar-refractivity contribution is 5.93. The maximum Gasteiger partial charge on any atom is 0.332 e. The van der Waals surface area contributed by atoms with Crippen LogP contribution in [0, 0.1) is 28.6 Å². The second-order valence-corrected chi connectivity index (χ2v) is 9.76. The van der Waals surface area contributed by atoms with Crippen LogP contribution in [-0.2, 0) is 9.53 Å². The first-order valence-corrected chi connectivity index (χ1v) is 10.7. The lowest BCUT2D eigenvalue weighted by molar-refractivity contribution is -0.148. The number of amides is 2. The highest BCUT2D eigenvalue weighted by Gasteiger charge is 2.58. The van der Waals surface area contributed by atoms with E-state index >= 15 is 0 Å². The zero-order valence-electron chi connectivity index (χ0n) is 17.3. The lowest BCUT2D eigenvalue weighted by atomic mass is 9.48. The summed E-state index contributed by atoms with van der Waals surface area (Å²) >= 11 is 0. The second kappa shape index (κ2) is 6.89. The number of fused-ring (bicyclic) bond motifs is 5. The molecule has 2 amide bonds. The Kier molecular flexibility index (Phi) is 4.79. The summed E-state index contributed by atoms with van der Waals surface area (Å²) in [5.74, 6) is 1.80. The summed E-state index contributed by atoms with van der Waals surface area (Å²) in [6.07, 6.45) is 11.0. The molecule has 3 fully saturated rings. The van der Waals surface area contributed by atoms with Gasteiger partial charge in [0.05, 0.1) is 0 Å². The van der Waals surface area contributed by atoms with Gasteiger partial charge in [0, 0.05) is 24.5 Å². The minimum Gasteiger partial charge on any atom is -0.462 e. The van der Waals surface area contributed by atoms with Gasteiger partial charge in [-0.1, -0.05) is 25.5 Å². The molecule has 28 heavy (non-hydrogen) atoms. The van der Waals surface area contributed by atoms with E-state index in [0.29, 0.717) is 17.8 Å². The average molecular weight is 388 g/mol. The first-order chi connectivity index (χ1) is 13.2. The van der Waals surface area contributed by atoms with E-state index in [1.165, 1.54) is 18.9 Å². The van der Waals surface area contributed by atoms with Gasteiger partial charge >= 0.3 is 12.0 Å². The molecule has 0 aromatic carbocycles. The van der Waals surface area contributed by atoms with Crippen LogP contribution >= 0.6 is 0 Å². The van der Waals surface area contributed by atoms with E-state index in [-0.39, 0.29) is 22.9 Å². The normalized spacial score (nSPS) is 43.4. The first kappa shape index (κ1) is 19.5. The molecule has 0 unspecified atom stereocenters. The smallest absolute Gasteiger partial charge is 0.332 e. The number of esters is 1. The van der Waals surface area contributed by atoms with Crippen molar-refractivity contribution in [3.8, 4) is 0 Å². The van der Waals surface area contributed by atoms with Gasteiger partial charge in [-0.15, -0.1) is 0 Å². The Morgan fingerprint density at radius 3 is 2.61 bits per heavy atom. The average Bonchev–Trinajstić information content (AvgIpc) is 2.96. The second-order valence-electron chi connectivity index (χ2n) is 9.76. The van der Waals surface area contributed by atoms with Crippen molar-refractivity contribution in [2.45, 2.75) is 78.2 Å². The van der Waals surface area contributed by atoms with Gasteiger partial charge in [-0.25, -0.2) is 10.2 Å². The number of primary amides is 1. The standard InChI is InChI=1S/C22H33N3O3/c1-13(26)28-15-8-10-21(2)14(12-15)4-5-16-17-6-7-19(24-25-20(23)27)22(17,3)11-9-18(16)21/h4,15-18H,5-12H2,1-3H3,(H3,23,25,27)/t15-,16-,17+,18+,21-,22-/m0/s1. The van der Waals surface area contributed by atoms with Crippen molar-refractivity contribution in [1.29, 1.82) is 0 Å². The fraction of sp³-hybridized carbons (Fsp3) is 0.773. The van der Waals surface area contributed by atoms with Crippen LogP contribution in [0.2, 0.25) is 0 Å². The number of ether oxygens (including phenoxy) is 1. The SMILES string of the molecule is CC(=O)O[C@H]1CC[C@@]2(C)C(=CC[C@@H]3[C@H]2CC[C@]2(C)C(=NNC(N)=O)CC[C@H]32)C1. The molecular formula is C22H33N3O3. The van der Waals surface area contributed by atoms with Crippen LogP contribution in [0.1, 0.15) is 72.1 Å². The predicted molar refractivity (Wildman–Crippen MR) is 107 cm³/mol. The number of nitrogens with one attached hydrogen (secondary N) is 1. The van der Waals surface area contributed by atoms with Crippen molar-refractivity contribution in [3.05, 3.63) is 11.6 Å². The van der Waals surface area contributed by atoms with Crippen LogP contribution in [0.5, 0.6) is 0 Å². The predicted octanol–water partition coefficient (Wildman–Crippen LogP) is 3.91. The van der Waals surface area contributed by atoms with Crippen LogP contribution in [0.15, 0.2) is 16.8 Å². The lowest BCUT2D eigenvalue weighted by Gasteiger charge is -2.57. The highest BCUT2D eigenvalue weighted by Crippen LogP contribution is 2.64. The van der Waals surface area contributed by atoms with Crippen molar-refractivity contribution in [1.82, 2.24) is 5.43 Å². The first-order valence-electron chi connectivity index (χ1n) is 10.7. The third-order valence-electron chi connectivity index (χ3n) is 8.43. The molecule has 0 heterocycles. The van der Waals surface area contributed by atoms with E-state index in [0.717, 1.165) is 50.7 Å². The number of urea groups is 1. The Labute approximate surface area is 167 Å². The third-order valence-corrected chi connectivity index (χ3v) is 8.43. The minimum atomic E-state index is -0.587. The van der Waals surface area contributed by atoms with Crippen LogP contribution in [-0.4, -0.2) is 23.8 Å². The number of hydrogen-bond donors (Lipinski definition) is 2. The third kappa shape index (κ3) is 3.05. The van der Waals surface area contributed by atoms with E-state index in [9.17, 15) is 9.59 Å². The van der Waals surface area contributed by atoms with Crippen LogP contribution in [0.3, 0.4) is 0 Å². The summed E-state index contributed by atoms with van der Waals surface area (Å²) < 4.78 is 5.53. The Balaban J connectivity index is 1.56. The van der Waals surface area contributed by atoms with Crippen LogP contribution < -0.4 is 11.2 Å². The number of allylic oxidation sites excluding steroid dienone is 1. The molecule has 6 nitrogen and oxygen atoms in total. The van der Waals surface area contributed by atoms with Crippen molar-refractivity contribution in [2.75, 3.05) is 0 Å². The number of carbonyl (C=O) groups excluding carboxylic acids is 2. The van der Waals surface area contributed by atoms with E-state index < -0.39 is 6.03 Å². The van der Waals surface area contributed by atoms with Gasteiger partial charge in [0.2, 0.25) is 0 Å². The van der Waals surface area contributed by atoms with Crippen LogP contribution in [0.25, 0.3) is 0 Å². The van der Waals surface area contributed by atoms with E-state index in [1.807, 2.05) is 0 Å². The number of nitrogens with zero attached hydrogens (tertiary/aromatic N) is 1. The van der Waals surface area contributed by atoms with Gasteiger partial charge in [-0.2, -0.15) is 5.10 Å². The Morgan fingerprint density at radius 2 is 1.89 bits per heavy atom. The van der Waals surface area contributed by atoms with Gasteiger partial charge in [0.1, 0.15) is 6.10 Å². The molecule has 0 bridgehead atoms. The largest absolute Gasteiger partial charge is 0.462 e. The number of nitrogens with two attached hydrogens (primary N) is 1. The molecule has 4 aliphatic rings. The molecule has 0 aromatic heterocycles. The number of carbonyl (C=O) groups is 2. The zero-order valence-corrected chi connectivity index (χ0v) is 17.3. The highest BCUT2D eigenvalue weighted by atomic mass is 16.5. The Bertz CT molecular complexity index is 745. The molecule has 0 spiro atoms. The van der Waals surface area contributed by atoms with Crippen molar-refractivity contribution in [2.24, 2.45) is 39.4 Å². The summed E-state index contributed by atoms with van der Waals surface area (Å²) in [6, 6.07) is -0.587. The number of hydrazone groups is 1. The summed E-state index contributed by atoms with van der Waals surface area (Å²) in [4.78, 5) is 22.5. The molecule has 154 valence electrons. The topological polar surface area (TPSA) is 93.8 Å². The van der Waals surface area contributed by atoms with Crippen molar-refractivity contribution in [3.63, 3.8) is 0 Å². The van der Waals surface area contributed by atoms with Gasteiger partial charge in [-0.3, -0.25) is 4.79 Å². The fourth-order valence-corrected chi connectivity index (χ4v) is 7.06. The lowest BCUT2D eigenvalue weighted by Crippen LogP contribution is -2.50. The summed E-state index contributed by atoms with van der Waals surface area (Å²) in [6.45, 7) is 6.29. The molecule has 0 aromatic rings. The molecule has 4 rings (SSSR count). The van der Waals surface area contributed by atoms with E-state index in [4.69, 9.17) is 10.5 Å². The summed E-state index contributed by atoms with van der Waals surface area (Å²) in [7, 11) is 0. The summed E-state index contributed by atoms with van der Waals surface area (Å²) in [5.41, 5.74) is 10.6. The maximum atomic E-state index is 11.4. The number of hydrogen-bond acceptors (Lipinski definition) is 4. The minimum absolute atomic E-state index is 0.0484. The van der Waals surface area contributed by atoms with E-state index in [1.54, 1.807) is 0 Å². The van der Waals surface area contributed by atoms with Gasteiger partial charge in [0.25, 0.3) is 0 Å². The van der Waals surface area contributed by atoms with Crippen LogP contribution in [0.4, 0.5) is 4.79 Å². The molecule has 3 saturated carbocycles. The molecule has 6 atom stereocenters. The molecule has 0 aliphatic heterocycles. The van der Waals surface area contributed by atoms with Gasteiger partial charge in [0.15, 0.2) is 0 Å². The van der Waals surface area contributed by atoms with Gasteiger partial charge in [-0.05, 0) is 68.1 Å². The van der Waals surface area contributed by atoms with E-state index in [2.05, 4.69) is 30.5 Å². The summed E-state index contributed by atoms with van der Waals surface area (Å²) in [5, 5.41) is 4.38. The zero-order chi connectivity index (χ0) is 20.1. The number of rotatable bonds is 2. The molecule has 0 saturated heterocycles. The van der Waals surface area contributed by atoms with Crippen molar-refractivity contribution >= 4 is 17.7 Å². The molecule has 3 N–H and O–H groups in total. The molecule has 6 heteroatoms. The van der Waals surface area contributed by atoms with Gasteiger partial charge < -0.3 is 10.5 Å². The monoisotopic (exact) mass is 387 g/mol. The molecular weight excluding hydrogens is 354 g/mol. The molecule has 0 radical (unpaired) electrons. The molecule has 4 aliphatic carbocycles. The fourth-order valence-electron chi connectivity index (χ4n) is 7.06. The Morgan fingerprint density at radius 1 is 1.18 bits per heavy atom. The Hall–Kier alpha value is -1.85. The maximum absolute atomic E-state index is 11.4. The van der Waals surface area contributed by atoms with Crippen molar-refractivity contribution < 1.29 is 14.3 Å².